The molecule has 2 rings (SSSR count). The molecule has 0 spiro atoms. The van der Waals surface area contributed by atoms with Crippen molar-refractivity contribution in [2.75, 3.05) is 0 Å². The predicted molar refractivity (Wildman–Crippen MR) is 65.6 cm³/mol. The van der Waals surface area contributed by atoms with E-state index in [1.54, 1.807) is 18.2 Å². The Balaban J connectivity index is 2.31. The average Bonchev–Trinajstić information content (AvgIpc) is 2.86. The number of aryl methyl sites for hydroxylation is 1. The lowest BCUT2D eigenvalue weighted by atomic mass is 10.0. The summed E-state index contributed by atoms with van der Waals surface area (Å²) in [5.41, 5.74) is 5.61. The van der Waals surface area contributed by atoms with E-state index in [0.717, 1.165) is 24.3 Å². The normalized spacial score (nSPS) is 13.5. The molecule has 1 aromatic heterocycles. The number of halogens is 3. The Morgan fingerprint density at radius 1 is 1.21 bits per heavy atom. The smallest absolute Gasteiger partial charge is 0.416 e. The lowest BCUT2D eigenvalue weighted by molar-refractivity contribution is -0.137. The van der Waals surface area contributed by atoms with Gasteiger partial charge in [-0.15, -0.1) is 0 Å². The molecule has 2 N–H and O–H groups in total. The highest BCUT2D eigenvalue weighted by Gasteiger charge is 2.31. The maximum Gasteiger partial charge on any atom is 0.416 e. The van der Waals surface area contributed by atoms with Crippen molar-refractivity contribution in [2.45, 2.75) is 25.6 Å². The first kappa shape index (κ1) is 13.7. The summed E-state index contributed by atoms with van der Waals surface area (Å²) < 4.78 is 43.4. The van der Waals surface area contributed by atoms with Gasteiger partial charge in [-0.3, -0.25) is 0 Å². The van der Waals surface area contributed by atoms with E-state index in [-0.39, 0.29) is 0 Å². The summed E-state index contributed by atoms with van der Waals surface area (Å²) in [5, 5.41) is 0. The van der Waals surface area contributed by atoms with E-state index in [2.05, 4.69) is 0 Å². The molecule has 1 aromatic carbocycles. The van der Waals surface area contributed by atoms with Gasteiger partial charge >= 0.3 is 6.18 Å². The molecule has 0 bridgehead atoms. The second-order valence-electron chi connectivity index (χ2n) is 4.26. The quantitative estimate of drug-likeness (QED) is 0.917. The van der Waals surface area contributed by atoms with Gasteiger partial charge in [-0.2, -0.15) is 13.2 Å². The Morgan fingerprint density at radius 3 is 2.53 bits per heavy atom. The van der Waals surface area contributed by atoms with Crippen LogP contribution in [-0.2, 0) is 12.6 Å². The minimum Gasteiger partial charge on any atom is -0.464 e. The standard InChI is InChI=1S/C14H14F3NO/c1-2-11-6-7-12(19-11)13(18)9-4-3-5-10(8-9)14(15,16)17/h3-8,13H,2,18H2,1H3. The highest BCUT2D eigenvalue weighted by molar-refractivity contribution is 5.32. The van der Waals surface area contributed by atoms with Gasteiger partial charge in [0.1, 0.15) is 11.5 Å². The van der Waals surface area contributed by atoms with E-state index in [1.807, 2.05) is 6.92 Å². The van der Waals surface area contributed by atoms with Crippen molar-refractivity contribution in [3.8, 4) is 0 Å². The molecule has 2 aromatic rings. The van der Waals surface area contributed by atoms with Crippen LogP contribution in [0.25, 0.3) is 0 Å². The lowest BCUT2D eigenvalue weighted by Gasteiger charge is -2.12. The Labute approximate surface area is 109 Å². The number of hydrogen-bond acceptors (Lipinski definition) is 2. The summed E-state index contributed by atoms with van der Waals surface area (Å²) in [4.78, 5) is 0. The van der Waals surface area contributed by atoms with Gasteiger partial charge in [0.2, 0.25) is 0 Å². The summed E-state index contributed by atoms with van der Waals surface area (Å²) in [6, 6.07) is 7.78. The fraction of sp³-hybridized carbons (Fsp3) is 0.286. The minimum atomic E-state index is -4.37. The molecule has 1 atom stereocenters. The maximum atomic E-state index is 12.6. The maximum absolute atomic E-state index is 12.6. The molecular formula is C14H14F3NO. The summed E-state index contributed by atoms with van der Waals surface area (Å²) in [6.07, 6.45) is -3.65. The first-order valence-electron chi connectivity index (χ1n) is 5.93. The number of benzene rings is 1. The van der Waals surface area contributed by atoms with Crippen LogP contribution in [0.4, 0.5) is 13.2 Å². The van der Waals surface area contributed by atoms with Crippen molar-refractivity contribution in [1.82, 2.24) is 0 Å². The fourth-order valence-electron chi connectivity index (χ4n) is 1.82. The third-order valence-corrected chi connectivity index (χ3v) is 2.91. The van der Waals surface area contributed by atoms with Crippen LogP contribution in [0.5, 0.6) is 0 Å². The Hall–Kier alpha value is -1.75. The van der Waals surface area contributed by atoms with Gasteiger partial charge < -0.3 is 10.2 Å². The van der Waals surface area contributed by atoms with Gasteiger partial charge in [0, 0.05) is 6.42 Å². The molecule has 0 amide bonds. The zero-order valence-corrected chi connectivity index (χ0v) is 10.4. The summed E-state index contributed by atoms with van der Waals surface area (Å²) in [5.74, 6) is 1.23. The van der Waals surface area contributed by atoms with Crippen molar-refractivity contribution in [1.29, 1.82) is 0 Å². The van der Waals surface area contributed by atoms with Crippen LogP contribution in [0.2, 0.25) is 0 Å². The third-order valence-electron chi connectivity index (χ3n) is 2.91. The molecule has 19 heavy (non-hydrogen) atoms. The average molecular weight is 269 g/mol. The number of nitrogens with two attached hydrogens (primary N) is 1. The van der Waals surface area contributed by atoms with Gasteiger partial charge in [0.05, 0.1) is 11.6 Å². The fourth-order valence-corrected chi connectivity index (χ4v) is 1.82. The molecule has 2 nitrogen and oxygen atoms in total. The van der Waals surface area contributed by atoms with Crippen LogP contribution < -0.4 is 5.73 Å². The predicted octanol–water partition coefficient (Wildman–Crippen LogP) is 3.91. The SMILES string of the molecule is CCc1ccc(C(N)c2cccc(C(F)(F)F)c2)o1. The third kappa shape index (κ3) is 2.98. The van der Waals surface area contributed by atoms with Crippen LogP contribution in [0.3, 0.4) is 0 Å². The van der Waals surface area contributed by atoms with E-state index in [9.17, 15) is 13.2 Å². The molecule has 0 aliphatic rings. The number of alkyl halides is 3. The molecular weight excluding hydrogens is 255 g/mol. The first-order valence-corrected chi connectivity index (χ1v) is 5.93. The van der Waals surface area contributed by atoms with Crippen molar-refractivity contribution in [3.05, 3.63) is 59.0 Å². The summed E-state index contributed by atoms with van der Waals surface area (Å²) >= 11 is 0. The molecule has 0 radical (unpaired) electrons. The van der Waals surface area contributed by atoms with E-state index in [1.165, 1.54) is 6.07 Å². The first-order chi connectivity index (χ1) is 8.91. The molecule has 0 aliphatic heterocycles. The molecule has 102 valence electrons. The number of rotatable bonds is 3. The van der Waals surface area contributed by atoms with Gasteiger partial charge in [-0.25, -0.2) is 0 Å². The van der Waals surface area contributed by atoms with E-state index in [4.69, 9.17) is 10.2 Å². The van der Waals surface area contributed by atoms with Crippen LogP contribution in [0.1, 0.15) is 35.6 Å². The van der Waals surface area contributed by atoms with Crippen molar-refractivity contribution < 1.29 is 17.6 Å². The van der Waals surface area contributed by atoms with E-state index < -0.39 is 17.8 Å². The van der Waals surface area contributed by atoms with Crippen molar-refractivity contribution in [3.63, 3.8) is 0 Å². The van der Waals surface area contributed by atoms with Crippen LogP contribution >= 0.6 is 0 Å². The molecule has 1 heterocycles. The van der Waals surface area contributed by atoms with E-state index in [0.29, 0.717) is 11.3 Å². The molecule has 0 saturated heterocycles. The Bertz CT molecular complexity index is 560. The topological polar surface area (TPSA) is 39.2 Å². The second kappa shape index (κ2) is 5.09. The highest BCUT2D eigenvalue weighted by Crippen LogP contribution is 2.31. The molecule has 0 saturated carbocycles. The Morgan fingerprint density at radius 2 is 1.95 bits per heavy atom. The molecule has 0 aliphatic carbocycles. The van der Waals surface area contributed by atoms with Crippen LogP contribution in [0, 0.1) is 0 Å². The summed E-state index contributed by atoms with van der Waals surface area (Å²) in [7, 11) is 0. The second-order valence-corrected chi connectivity index (χ2v) is 4.26. The molecule has 0 fully saturated rings. The monoisotopic (exact) mass is 269 g/mol. The summed E-state index contributed by atoms with van der Waals surface area (Å²) in [6.45, 7) is 1.93. The number of hydrogen-bond donors (Lipinski definition) is 1. The van der Waals surface area contributed by atoms with Crippen LogP contribution in [0.15, 0.2) is 40.8 Å². The zero-order chi connectivity index (χ0) is 14.0. The largest absolute Gasteiger partial charge is 0.464 e. The lowest BCUT2D eigenvalue weighted by Crippen LogP contribution is -2.13. The highest BCUT2D eigenvalue weighted by atomic mass is 19.4. The van der Waals surface area contributed by atoms with Gasteiger partial charge in [-0.1, -0.05) is 19.1 Å². The number of furan rings is 1. The van der Waals surface area contributed by atoms with Gasteiger partial charge in [0.15, 0.2) is 0 Å². The van der Waals surface area contributed by atoms with E-state index >= 15 is 0 Å². The van der Waals surface area contributed by atoms with Crippen molar-refractivity contribution in [2.24, 2.45) is 5.73 Å². The molecule has 5 heteroatoms. The molecule has 1 unspecified atom stereocenters. The van der Waals surface area contributed by atoms with Gasteiger partial charge in [0.25, 0.3) is 0 Å². The van der Waals surface area contributed by atoms with Crippen LogP contribution in [-0.4, -0.2) is 0 Å². The Kier molecular flexibility index (Phi) is 3.66. The zero-order valence-electron chi connectivity index (χ0n) is 10.4. The van der Waals surface area contributed by atoms with Crippen molar-refractivity contribution >= 4 is 0 Å². The minimum absolute atomic E-state index is 0.381. The van der Waals surface area contributed by atoms with Gasteiger partial charge in [-0.05, 0) is 29.8 Å².